The van der Waals surface area contributed by atoms with Gasteiger partial charge in [-0.15, -0.1) is 0 Å². The van der Waals surface area contributed by atoms with Crippen molar-refractivity contribution in [1.82, 2.24) is 15.0 Å². The van der Waals surface area contributed by atoms with Crippen molar-refractivity contribution in [3.05, 3.63) is 101 Å². The largest absolute Gasteiger partial charge is 0.324 e. The maximum absolute atomic E-state index is 4.67. The van der Waals surface area contributed by atoms with Gasteiger partial charge in [0, 0.05) is 17.8 Å². The Labute approximate surface area is 183 Å². The Hall–Kier alpha value is -3.73. The topological polar surface area (TPSA) is 62.7 Å². The third-order valence-electron chi connectivity index (χ3n) is 4.97. The molecule has 31 heavy (non-hydrogen) atoms. The van der Waals surface area contributed by atoms with Gasteiger partial charge in [-0.2, -0.15) is 15.0 Å². The van der Waals surface area contributed by atoms with Crippen molar-refractivity contribution in [3.8, 4) is 0 Å². The minimum absolute atomic E-state index is 0.543. The Kier molecular flexibility index (Phi) is 6.53. The smallest absolute Gasteiger partial charge is 0.232 e. The van der Waals surface area contributed by atoms with E-state index in [1.54, 1.807) is 0 Å². The number of aromatic nitrogens is 3. The molecule has 0 aliphatic heterocycles. The molecule has 0 spiro atoms. The fourth-order valence-corrected chi connectivity index (χ4v) is 3.35. The second-order valence-corrected chi connectivity index (χ2v) is 7.72. The van der Waals surface area contributed by atoms with Crippen molar-refractivity contribution in [1.29, 1.82) is 0 Å². The van der Waals surface area contributed by atoms with Crippen LogP contribution in [0.4, 0.5) is 23.3 Å². The van der Waals surface area contributed by atoms with Crippen LogP contribution in [-0.2, 0) is 12.8 Å². The predicted octanol–water partition coefficient (Wildman–Crippen LogP) is 6.15. The van der Waals surface area contributed by atoms with Gasteiger partial charge in [0.2, 0.25) is 11.9 Å². The van der Waals surface area contributed by atoms with Gasteiger partial charge >= 0.3 is 0 Å². The second kappa shape index (κ2) is 9.85. The van der Waals surface area contributed by atoms with E-state index in [2.05, 4.69) is 75.8 Å². The van der Waals surface area contributed by atoms with E-state index in [0.29, 0.717) is 11.9 Å². The average Bonchev–Trinajstić information content (AvgIpc) is 2.76. The molecule has 2 N–H and O–H groups in total. The number of hydrogen-bond acceptors (Lipinski definition) is 5. The minimum atomic E-state index is 0.543. The Balaban J connectivity index is 1.52. The van der Waals surface area contributed by atoms with E-state index < -0.39 is 0 Å². The number of benzene rings is 3. The van der Waals surface area contributed by atoms with Crippen molar-refractivity contribution in [2.45, 2.75) is 33.1 Å². The minimum Gasteiger partial charge on any atom is -0.324 e. The SMILES string of the molecule is Cc1ccc(CCCc2nc(Nc3ccccc3)nc(Nc3cccc(C)c3)n2)cc1. The number of rotatable bonds is 8. The fourth-order valence-electron chi connectivity index (χ4n) is 3.35. The van der Waals surface area contributed by atoms with Crippen molar-refractivity contribution < 1.29 is 0 Å². The van der Waals surface area contributed by atoms with E-state index >= 15 is 0 Å². The first-order valence-electron chi connectivity index (χ1n) is 10.6. The van der Waals surface area contributed by atoms with Crippen LogP contribution in [0.3, 0.4) is 0 Å². The predicted molar refractivity (Wildman–Crippen MR) is 127 cm³/mol. The van der Waals surface area contributed by atoms with Crippen LogP contribution >= 0.6 is 0 Å². The molecular weight excluding hydrogens is 382 g/mol. The van der Waals surface area contributed by atoms with E-state index in [4.69, 9.17) is 0 Å². The molecule has 4 rings (SSSR count). The van der Waals surface area contributed by atoms with Crippen LogP contribution < -0.4 is 10.6 Å². The van der Waals surface area contributed by atoms with Crippen molar-refractivity contribution in [2.75, 3.05) is 10.6 Å². The Morgan fingerprint density at radius 2 is 1.29 bits per heavy atom. The van der Waals surface area contributed by atoms with Gasteiger partial charge in [-0.05, 0) is 62.1 Å². The van der Waals surface area contributed by atoms with Gasteiger partial charge in [0.25, 0.3) is 0 Å². The highest BCUT2D eigenvalue weighted by Gasteiger charge is 2.08. The summed E-state index contributed by atoms with van der Waals surface area (Å²) in [5.41, 5.74) is 5.70. The molecule has 4 aromatic rings. The molecule has 0 bridgehead atoms. The van der Waals surface area contributed by atoms with Gasteiger partial charge in [-0.3, -0.25) is 0 Å². The summed E-state index contributed by atoms with van der Waals surface area (Å²) in [5, 5.41) is 6.62. The molecule has 0 radical (unpaired) electrons. The first-order chi connectivity index (χ1) is 15.1. The molecule has 0 saturated heterocycles. The normalized spacial score (nSPS) is 10.6. The first kappa shape index (κ1) is 20.5. The number of aryl methyl sites for hydroxylation is 4. The summed E-state index contributed by atoms with van der Waals surface area (Å²) in [6.45, 7) is 4.18. The Morgan fingerprint density at radius 3 is 2.00 bits per heavy atom. The van der Waals surface area contributed by atoms with Crippen molar-refractivity contribution in [2.24, 2.45) is 0 Å². The van der Waals surface area contributed by atoms with Gasteiger partial charge in [0.05, 0.1) is 0 Å². The molecule has 0 aliphatic rings. The summed E-state index contributed by atoms with van der Waals surface area (Å²) >= 11 is 0. The van der Waals surface area contributed by atoms with Crippen molar-refractivity contribution >= 4 is 23.3 Å². The summed E-state index contributed by atoms with van der Waals surface area (Å²) in [6.07, 6.45) is 2.75. The zero-order chi connectivity index (χ0) is 21.5. The number of para-hydroxylation sites is 1. The van der Waals surface area contributed by atoms with Gasteiger partial charge in [0.1, 0.15) is 5.82 Å². The molecule has 5 nitrogen and oxygen atoms in total. The molecule has 3 aromatic carbocycles. The lowest BCUT2D eigenvalue weighted by molar-refractivity contribution is 0.766. The van der Waals surface area contributed by atoms with Crippen LogP contribution in [0, 0.1) is 13.8 Å². The quantitative estimate of drug-likeness (QED) is 0.365. The molecule has 1 aromatic heterocycles. The standard InChI is InChI=1S/C26H27N5/c1-19-14-16-21(17-15-19)9-7-13-24-29-25(27-22-10-4-3-5-11-22)31-26(30-24)28-23-12-6-8-20(2)18-23/h3-6,8,10-12,14-18H,7,9,13H2,1-2H3,(H2,27,28,29,30,31). The van der Waals surface area contributed by atoms with Gasteiger partial charge in [-0.25, -0.2) is 0 Å². The third-order valence-corrected chi connectivity index (χ3v) is 4.97. The van der Waals surface area contributed by atoms with E-state index in [1.807, 2.05) is 42.5 Å². The number of anilines is 4. The van der Waals surface area contributed by atoms with Gasteiger partial charge < -0.3 is 10.6 Å². The molecule has 0 aliphatic carbocycles. The average molecular weight is 410 g/mol. The van der Waals surface area contributed by atoms with E-state index in [-0.39, 0.29) is 0 Å². The number of nitrogens with one attached hydrogen (secondary N) is 2. The highest BCUT2D eigenvalue weighted by atomic mass is 15.2. The monoisotopic (exact) mass is 409 g/mol. The van der Waals surface area contributed by atoms with E-state index in [0.717, 1.165) is 36.5 Å². The zero-order valence-corrected chi connectivity index (χ0v) is 18.0. The highest BCUT2D eigenvalue weighted by molar-refractivity contribution is 5.57. The molecular formula is C26H27N5. The lowest BCUT2D eigenvalue weighted by Gasteiger charge is -2.11. The highest BCUT2D eigenvalue weighted by Crippen LogP contribution is 2.19. The van der Waals surface area contributed by atoms with Crippen LogP contribution in [0.5, 0.6) is 0 Å². The summed E-state index contributed by atoms with van der Waals surface area (Å²) in [7, 11) is 0. The maximum atomic E-state index is 4.67. The second-order valence-electron chi connectivity index (χ2n) is 7.72. The molecule has 0 amide bonds. The van der Waals surface area contributed by atoms with Crippen LogP contribution in [0.2, 0.25) is 0 Å². The number of nitrogens with zero attached hydrogens (tertiary/aromatic N) is 3. The fraction of sp³-hybridized carbons (Fsp3) is 0.192. The summed E-state index contributed by atoms with van der Waals surface area (Å²) < 4.78 is 0. The molecule has 0 saturated carbocycles. The van der Waals surface area contributed by atoms with Crippen LogP contribution in [0.25, 0.3) is 0 Å². The molecule has 0 fully saturated rings. The molecule has 0 unspecified atom stereocenters. The molecule has 0 atom stereocenters. The summed E-state index contributed by atoms with van der Waals surface area (Å²) in [5.74, 6) is 1.86. The van der Waals surface area contributed by atoms with E-state index in [9.17, 15) is 0 Å². The van der Waals surface area contributed by atoms with Crippen LogP contribution in [-0.4, -0.2) is 15.0 Å². The Morgan fingerprint density at radius 1 is 0.613 bits per heavy atom. The van der Waals surface area contributed by atoms with Crippen LogP contribution in [0.1, 0.15) is 28.9 Å². The number of hydrogen-bond donors (Lipinski definition) is 2. The molecule has 1 heterocycles. The molecule has 5 heteroatoms. The van der Waals surface area contributed by atoms with E-state index in [1.165, 1.54) is 16.7 Å². The molecule has 156 valence electrons. The Bertz CT molecular complexity index is 1120. The lowest BCUT2D eigenvalue weighted by atomic mass is 10.1. The van der Waals surface area contributed by atoms with Crippen molar-refractivity contribution in [3.63, 3.8) is 0 Å². The summed E-state index contributed by atoms with van der Waals surface area (Å²) in [4.78, 5) is 13.9. The first-order valence-corrected chi connectivity index (χ1v) is 10.6. The van der Waals surface area contributed by atoms with Gasteiger partial charge in [0.15, 0.2) is 0 Å². The summed E-state index contributed by atoms with van der Waals surface area (Å²) in [6, 6.07) is 26.8. The lowest BCUT2D eigenvalue weighted by Crippen LogP contribution is -2.08. The third kappa shape index (κ3) is 6.12. The van der Waals surface area contributed by atoms with Gasteiger partial charge in [-0.1, -0.05) is 60.2 Å². The zero-order valence-electron chi connectivity index (χ0n) is 18.0. The van der Waals surface area contributed by atoms with Crippen LogP contribution in [0.15, 0.2) is 78.9 Å². The maximum Gasteiger partial charge on any atom is 0.232 e.